The molecule has 1 aliphatic rings. The number of aliphatic imine (C=N–C) groups is 1. The summed E-state index contributed by atoms with van der Waals surface area (Å²) in [4.78, 5) is 10.2. The molecular formula is C10H15N3S. The summed E-state index contributed by atoms with van der Waals surface area (Å²) in [6.07, 6.45) is 4.19. The van der Waals surface area contributed by atoms with Gasteiger partial charge in [-0.25, -0.2) is 4.98 Å². The van der Waals surface area contributed by atoms with Crippen LogP contribution in [0.3, 0.4) is 0 Å². The van der Waals surface area contributed by atoms with Crippen molar-refractivity contribution in [3.05, 3.63) is 10.6 Å². The molecule has 14 heavy (non-hydrogen) atoms. The van der Waals surface area contributed by atoms with Crippen molar-refractivity contribution in [2.45, 2.75) is 32.6 Å². The number of hydrogen-bond donors (Lipinski definition) is 1. The minimum absolute atomic E-state index is 0.701. The van der Waals surface area contributed by atoms with Gasteiger partial charge < -0.3 is 5.73 Å². The summed E-state index contributed by atoms with van der Waals surface area (Å²) in [5.74, 6) is 0. The maximum absolute atomic E-state index is 5.67. The zero-order chi connectivity index (χ0) is 9.97. The summed E-state index contributed by atoms with van der Waals surface area (Å²) in [6, 6.07) is 0. The summed E-state index contributed by atoms with van der Waals surface area (Å²) in [5, 5.41) is 0.701. The smallest absolute Gasteiger partial charge is 0.180 e. The lowest BCUT2D eigenvalue weighted by molar-refractivity contribution is 0.877. The predicted octanol–water partition coefficient (Wildman–Crippen LogP) is 2.07. The molecule has 0 bridgehead atoms. The fraction of sp³-hybridized carbons (Fsp3) is 0.600. The third-order valence-corrected chi connectivity index (χ3v) is 3.30. The second-order valence-electron chi connectivity index (χ2n) is 3.55. The molecule has 0 aliphatic heterocycles. The molecular weight excluding hydrogens is 194 g/mol. The van der Waals surface area contributed by atoms with E-state index in [2.05, 4.69) is 16.9 Å². The van der Waals surface area contributed by atoms with E-state index in [-0.39, 0.29) is 0 Å². The van der Waals surface area contributed by atoms with Crippen molar-refractivity contribution in [1.29, 1.82) is 0 Å². The van der Waals surface area contributed by atoms with Gasteiger partial charge in [-0.15, -0.1) is 11.3 Å². The summed E-state index contributed by atoms with van der Waals surface area (Å²) in [6.45, 7) is 3.11. The Kier molecular flexibility index (Phi) is 2.82. The molecule has 2 N–H and O–H groups in total. The highest BCUT2D eigenvalue weighted by atomic mass is 32.1. The van der Waals surface area contributed by atoms with E-state index in [1.165, 1.54) is 16.3 Å². The first kappa shape index (κ1) is 9.65. The van der Waals surface area contributed by atoms with Gasteiger partial charge in [-0.3, -0.25) is 4.99 Å². The molecule has 1 aliphatic carbocycles. The SMILES string of the molecule is CCCN=C1CCc2nc(N)sc2C1. The first-order chi connectivity index (χ1) is 6.79. The molecule has 76 valence electrons. The molecule has 1 aromatic rings. The number of aryl methyl sites for hydroxylation is 1. The number of anilines is 1. The van der Waals surface area contributed by atoms with Crippen LogP contribution in [0.1, 0.15) is 30.3 Å². The number of nitrogens with zero attached hydrogens (tertiary/aromatic N) is 2. The normalized spacial score (nSPS) is 18.5. The number of aromatic nitrogens is 1. The van der Waals surface area contributed by atoms with Crippen molar-refractivity contribution >= 4 is 22.2 Å². The van der Waals surface area contributed by atoms with Crippen LogP contribution in [0.2, 0.25) is 0 Å². The molecule has 0 unspecified atom stereocenters. The Hall–Kier alpha value is -0.900. The van der Waals surface area contributed by atoms with Crippen LogP contribution in [0.5, 0.6) is 0 Å². The van der Waals surface area contributed by atoms with Gasteiger partial charge in [0.15, 0.2) is 5.13 Å². The summed E-state index contributed by atoms with van der Waals surface area (Å²) < 4.78 is 0. The van der Waals surface area contributed by atoms with Gasteiger partial charge in [-0.2, -0.15) is 0 Å². The molecule has 0 atom stereocenters. The zero-order valence-electron chi connectivity index (χ0n) is 8.42. The Morgan fingerprint density at radius 1 is 1.50 bits per heavy atom. The van der Waals surface area contributed by atoms with E-state index in [9.17, 15) is 0 Å². The lowest BCUT2D eigenvalue weighted by atomic mass is 10.0. The first-order valence-electron chi connectivity index (χ1n) is 5.06. The minimum atomic E-state index is 0.701. The van der Waals surface area contributed by atoms with Crippen LogP contribution < -0.4 is 5.73 Å². The van der Waals surface area contributed by atoms with Gasteiger partial charge in [0.2, 0.25) is 0 Å². The lowest BCUT2D eigenvalue weighted by Gasteiger charge is -2.11. The summed E-state index contributed by atoms with van der Waals surface area (Å²) in [7, 11) is 0. The van der Waals surface area contributed by atoms with Gasteiger partial charge in [0.25, 0.3) is 0 Å². The Morgan fingerprint density at radius 2 is 2.36 bits per heavy atom. The Labute approximate surface area is 88.1 Å². The van der Waals surface area contributed by atoms with Crippen molar-refractivity contribution in [3.63, 3.8) is 0 Å². The standard InChI is InChI=1S/C10H15N3S/c1-2-5-12-7-3-4-8-9(6-7)14-10(11)13-8/h2-6H2,1H3,(H2,11,13). The quantitative estimate of drug-likeness (QED) is 0.810. The summed E-state index contributed by atoms with van der Waals surface area (Å²) in [5.41, 5.74) is 8.19. The Balaban J connectivity index is 2.12. The van der Waals surface area contributed by atoms with Crippen LogP contribution >= 0.6 is 11.3 Å². The van der Waals surface area contributed by atoms with Crippen molar-refractivity contribution in [2.75, 3.05) is 12.3 Å². The van der Waals surface area contributed by atoms with E-state index in [0.717, 1.165) is 32.2 Å². The van der Waals surface area contributed by atoms with Gasteiger partial charge in [-0.1, -0.05) is 6.92 Å². The average Bonchev–Trinajstić information content (AvgIpc) is 2.54. The first-order valence-corrected chi connectivity index (χ1v) is 5.87. The topological polar surface area (TPSA) is 51.3 Å². The maximum Gasteiger partial charge on any atom is 0.180 e. The van der Waals surface area contributed by atoms with Crippen LogP contribution in [0.15, 0.2) is 4.99 Å². The van der Waals surface area contributed by atoms with E-state index in [4.69, 9.17) is 5.73 Å². The van der Waals surface area contributed by atoms with Crippen LogP contribution in [0.4, 0.5) is 5.13 Å². The largest absolute Gasteiger partial charge is 0.375 e. The molecule has 4 heteroatoms. The van der Waals surface area contributed by atoms with Gasteiger partial charge in [0.1, 0.15) is 0 Å². The minimum Gasteiger partial charge on any atom is -0.375 e. The Morgan fingerprint density at radius 3 is 3.14 bits per heavy atom. The highest BCUT2D eigenvalue weighted by molar-refractivity contribution is 7.15. The lowest BCUT2D eigenvalue weighted by Crippen LogP contribution is -2.12. The van der Waals surface area contributed by atoms with Crippen LogP contribution in [-0.4, -0.2) is 17.2 Å². The number of rotatable bonds is 2. The van der Waals surface area contributed by atoms with Gasteiger partial charge >= 0.3 is 0 Å². The fourth-order valence-electron chi connectivity index (χ4n) is 1.68. The zero-order valence-corrected chi connectivity index (χ0v) is 9.23. The van der Waals surface area contributed by atoms with Gasteiger partial charge in [0.05, 0.1) is 5.69 Å². The average molecular weight is 209 g/mol. The molecule has 0 saturated heterocycles. The number of hydrogen-bond acceptors (Lipinski definition) is 4. The second-order valence-corrected chi connectivity index (χ2v) is 4.66. The summed E-state index contributed by atoms with van der Waals surface area (Å²) >= 11 is 1.61. The Bertz CT molecular complexity index is 354. The van der Waals surface area contributed by atoms with Crippen molar-refractivity contribution in [3.8, 4) is 0 Å². The molecule has 2 rings (SSSR count). The van der Waals surface area contributed by atoms with E-state index in [1.807, 2.05) is 0 Å². The van der Waals surface area contributed by atoms with Crippen LogP contribution in [-0.2, 0) is 12.8 Å². The molecule has 0 fully saturated rings. The predicted molar refractivity (Wildman–Crippen MR) is 61.1 cm³/mol. The molecule has 1 heterocycles. The van der Waals surface area contributed by atoms with Crippen molar-refractivity contribution < 1.29 is 0 Å². The van der Waals surface area contributed by atoms with Gasteiger partial charge in [-0.05, 0) is 19.3 Å². The van der Waals surface area contributed by atoms with E-state index >= 15 is 0 Å². The molecule has 0 radical (unpaired) electrons. The van der Waals surface area contributed by atoms with E-state index in [1.54, 1.807) is 11.3 Å². The molecule has 0 aromatic carbocycles. The fourth-order valence-corrected chi connectivity index (χ4v) is 2.59. The maximum atomic E-state index is 5.67. The molecule has 1 aromatic heterocycles. The van der Waals surface area contributed by atoms with Crippen molar-refractivity contribution in [2.24, 2.45) is 4.99 Å². The number of nitrogens with two attached hydrogens (primary N) is 1. The van der Waals surface area contributed by atoms with Crippen molar-refractivity contribution in [1.82, 2.24) is 4.98 Å². The number of thiazole rings is 1. The third kappa shape index (κ3) is 1.95. The van der Waals surface area contributed by atoms with Crippen LogP contribution in [0.25, 0.3) is 0 Å². The molecule has 3 nitrogen and oxygen atoms in total. The number of fused-ring (bicyclic) bond motifs is 1. The highest BCUT2D eigenvalue weighted by Crippen LogP contribution is 2.26. The monoisotopic (exact) mass is 209 g/mol. The van der Waals surface area contributed by atoms with E-state index < -0.39 is 0 Å². The van der Waals surface area contributed by atoms with Crippen LogP contribution in [0, 0.1) is 0 Å². The number of nitrogen functional groups attached to an aromatic ring is 1. The molecule has 0 spiro atoms. The highest BCUT2D eigenvalue weighted by Gasteiger charge is 2.17. The van der Waals surface area contributed by atoms with E-state index in [0.29, 0.717) is 5.13 Å². The molecule has 0 amide bonds. The van der Waals surface area contributed by atoms with Gasteiger partial charge in [0, 0.05) is 23.6 Å². The third-order valence-electron chi connectivity index (χ3n) is 2.37. The second kappa shape index (κ2) is 4.09. The molecule has 0 saturated carbocycles.